The Kier molecular flexibility index (Phi) is 4.25. The minimum Gasteiger partial charge on any atom is -0.481 e. The highest BCUT2D eigenvalue weighted by molar-refractivity contribution is 5.94. The Morgan fingerprint density at radius 3 is 2.62 bits per heavy atom. The highest BCUT2D eigenvalue weighted by Gasteiger charge is 2.17. The Balaban J connectivity index is 2.62. The minimum absolute atomic E-state index is 0.103. The molecule has 0 spiro atoms. The Morgan fingerprint density at radius 2 is 2.19 bits per heavy atom. The lowest BCUT2D eigenvalue weighted by molar-refractivity contribution is -0.118. The third kappa shape index (κ3) is 3.20. The summed E-state index contributed by atoms with van der Waals surface area (Å²) in [5.41, 5.74) is 6.32. The molecule has 0 saturated carbocycles. The van der Waals surface area contributed by atoms with Gasteiger partial charge < -0.3 is 15.8 Å². The van der Waals surface area contributed by atoms with Crippen molar-refractivity contribution in [2.75, 3.05) is 12.4 Å². The number of anilines is 1. The molecule has 16 heavy (non-hydrogen) atoms. The summed E-state index contributed by atoms with van der Waals surface area (Å²) in [5, 5.41) is 2.69. The third-order valence-electron chi connectivity index (χ3n) is 2.23. The smallest absolute Gasteiger partial charge is 0.241 e. The summed E-state index contributed by atoms with van der Waals surface area (Å²) in [6.45, 7) is 3.80. The summed E-state index contributed by atoms with van der Waals surface area (Å²) >= 11 is 0. The Morgan fingerprint density at radius 1 is 1.50 bits per heavy atom. The van der Waals surface area contributed by atoms with Crippen LogP contribution in [0, 0.1) is 5.92 Å². The van der Waals surface area contributed by atoms with Gasteiger partial charge >= 0.3 is 0 Å². The van der Waals surface area contributed by atoms with E-state index in [9.17, 15) is 4.79 Å². The number of pyridine rings is 1. The van der Waals surface area contributed by atoms with Crippen LogP contribution in [0.5, 0.6) is 5.88 Å². The molecule has 5 nitrogen and oxygen atoms in total. The van der Waals surface area contributed by atoms with Crippen molar-refractivity contribution in [2.45, 2.75) is 19.9 Å². The zero-order valence-corrected chi connectivity index (χ0v) is 9.73. The molecule has 1 rings (SSSR count). The summed E-state index contributed by atoms with van der Waals surface area (Å²) in [7, 11) is 1.54. The molecule has 0 saturated heterocycles. The van der Waals surface area contributed by atoms with Crippen molar-refractivity contribution in [3.05, 3.63) is 18.3 Å². The fourth-order valence-electron chi connectivity index (χ4n) is 1.10. The Labute approximate surface area is 95.0 Å². The van der Waals surface area contributed by atoms with Crippen LogP contribution >= 0.6 is 0 Å². The van der Waals surface area contributed by atoms with Crippen molar-refractivity contribution in [2.24, 2.45) is 11.7 Å². The molecule has 0 bridgehead atoms. The summed E-state index contributed by atoms with van der Waals surface area (Å²) in [4.78, 5) is 15.6. The van der Waals surface area contributed by atoms with Crippen LogP contribution in [0.2, 0.25) is 0 Å². The van der Waals surface area contributed by atoms with E-state index in [0.29, 0.717) is 11.6 Å². The molecule has 0 unspecified atom stereocenters. The van der Waals surface area contributed by atoms with E-state index in [1.54, 1.807) is 12.1 Å². The van der Waals surface area contributed by atoms with E-state index in [4.69, 9.17) is 10.5 Å². The van der Waals surface area contributed by atoms with Gasteiger partial charge in [-0.3, -0.25) is 4.79 Å². The highest BCUT2D eigenvalue weighted by atomic mass is 16.5. The molecule has 0 aliphatic carbocycles. The van der Waals surface area contributed by atoms with Gasteiger partial charge in [0.2, 0.25) is 11.8 Å². The van der Waals surface area contributed by atoms with Gasteiger partial charge in [0.1, 0.15) is 0 Å². The van der Waals surface area contributed by atoms with Crippen LogP contribution < -0.4 is 15.8 Å². The fourth-order valence-corrected chi connectivity index (χ4v) is 1.10. The number of methoxy groups -OCH3 is 1. The van der Waals surface area contributed by atoms with Gasteiger partial charge in [-0.05, 0) is 12.0 Å². The van der Waals surface area contributed by atoms with Crippen LogP contribution in [0.15, 0.2) is 18.3 Å². The fraction of sp³-hybridized carbons (Fsp3) is 0.455. The maximum Gasteiger partial charge on any atom is 0.241 e. The number of carbonyl (C=O) groups excluding carboxylic acids is 1. The number of nitrogens with two attached hydrogens (primary N) is 1. The van der Waals surface area contributed by atoms with Gasteiger partial charge in [0.05, 0.1) is 25.0 Å². The monoisotopic (exact) mass is 223 g/mol. The maximum atomic E-state index is 11.6. The molecule has 1 aromatic heterocycles. The van der Waals surface area contributed by atoms with Crippen molar-refractivity contribution >= 4 is 11.6 Å². The number of aromatic nitrogens is 1. The molecule has 0 aliphatic heterocycles. The minimum atomic E-state index is -0.512. The predicted molar refractivity (Wildman–Crippen MR) is 62.2 cm³/mol. The molecule has 0 radical (unpaired) electrons. The number of rotatable bonds is 4. The molecule has 88 valence electrons. The van der Waals surface area contributed by atoms with Crippen LogP contribution in [0.1, 0.15) is 13.8 Å². The zero-order chi connectivity index (χ0) is 12.1. The van der Waals surface area contributed by atoms with Crippen molar-refractivity contribution in [3.63, 3.8) is 0 Å². The van der Waals surface area contributed by atoms with Crippen LogP contribution in [-0.2, 0) is 4.79 Å². The molecule has 1 atom stereocenters. The number of carbonyl (C=O) groups is 1. The first-order valence-corrected chi connectivity index (χ1v) is 5.11. The molecule has 1 aromatic rings. The quantitative estimate of drug-likeness (QED) is 0.798. The highest BCUT2D eigenvalue weighted by Crippen LogP contribution is 2.11. The van der Waals surface area contributed by atoms with Gasteiger partial charge in [0.15, 0.2) is 0 Å². The number of hydrogen-bond donors (Lipinski definition) is 2. The van der Waals surface area contributed by atoms with Crippen molar-refractivity contribution < 1.29 is 9.53 Å². The second kappa shape index (κ2) is 5.46. The van der Waals surface area contributed by atoms with E-state index < -0.39 is 6.04 Å². The summed E-state index contributed by atoms with van der Waals surface area (Å²) in [6, 6.07) is 2.88. The lowest BCUT2D eigenvalue weighted by atomic mass is 10.1. The van der Waals surface area contributed by atoms with Crippen LogP contribution in [-0.4, -0.2) is 24.0 Å². The van der Waals surface area contributed by atoms with E-state index >= 15 is 0 Å². The SMILES string of the molecule is COc1ccc(NC(=O)[C@H](N)C(C)C)cn1. The lowest BCUT2D eigenvalue weighted by Crippen LogP contribution is -2.39. The Hall–Kier alpha value is -1.62. The third-order valence-corrected chi connectivity index (χ3v) is 2.23. The molecule has 0 aliphatic rings. The number of amides is 1. The van der Waals surface area contributed by atoms with Gasteiger partial charge in [-0.15, -0.1) is 0 Å². The molecular weight excluding hydrogens is 206 g/mol. The van der Waals surface area contributed by atoms with Crippen molar-refractivity contribution in [1.29, 1.82) is 0 Å². The van der Waals surface area contributed by atoms with Gasteiger partial charge in [0, 0.05) is 6.07 Å². The zero-order valence-electron chi connectivity index (χ0n) is 9.73. The van der Waals surface area contributed by atoms with Crippen LogP contribution in [0.4, 0.5) is 5.69 Å². The van der Waals surface area contributed by atoms with Gasteiger partial charge in [0.25, 0.3) is 0 Å². The second-order valence-corrected chi connectivity index (χ2v) is 3.85. The predicted octanol–water partition coefficient (Wildman–Crippen LogP) is 1.01. The summed E-state index contributed by atoms with van der Waals surface area (Å²) in [5.74, 6) is 0.402. The first-order valence-electron chi connectivity index (χ1n) is 5.11. The second-order valence-electron chi connectivity index (χ2n) is 3.85. The van der Waals surface area contributed by atoms with E-state index in [1.807, 2.05) is 13.8 Å². The number of nitrogens with zero attached hydrogens (tertiary/aromatic N) is 1. The molecule has 0 aromatic carbocycles. The molecule has 0 fully saturated rings. The lowest BCUT2D eigenvalue weighted by Gasteiger charge is -2.15. The standard InChI is InChI=1S/C11H17N3O2/c1-7(2)10(12)11(15)14-8-4-5-9(16-3)13-6-8/h4-7,10H,12H2,1-3H3,(H,14,15)/t10-/m1/s1. The first-order chi connectivity index (χ1) is 7.54. The van der Waals surface area contributed by atoms with E-state index in [-0.39, 0.29) is 11.8 Å². The van der Waals surface area contributed by atoms with Crippen LogP contribution in [0.25, 0.3) is 0 Å². The average Bonchev–Trinajstić information content (AvgIpc) is 2.28. The van der Waals surface area contributed by atoms with E-state index in [2.05, 4.69) is 10.3 Å². The van der Waals surface area contributed by atoms with Crippen molar-refractivity contribution in [1.82, 2.24) is 4.98 Å². The van der Waals surface area contributed by atoms with E-state index in [0.717, 1.165) is 0 Å². The van der Waals surface area contributed by atoms with E-state index in [1.165, 1.54) is 13.3 Å². The average molecular weight is 223 g/mol. The van der Waals surface area contributed by atoms with Crippen LogP contribution in [0.3, 0.4) is 0 Å². The number of nitrogens with one attached hydrogen (secondary N) is 1. The van der Waals surface area contributed by atoms with Gasteiger partial charge in [-0.1, -0.05) is 13.8 Å². The van der Waals surface area contributed by atoms with Crippen molar-refractivity contribution in [3.8, 4) is 5.88 Å². The Bertz CT molecular complexity index is 349. The number of ether oxygens (including phenoxy) is 1. The summed E-state index contributed by atoms with van der Waals surface area (Å²) in [6.07, 6.45) is 1.53. The number of hydrogen-bond acceptors (Lipinski definition) is 4. The normalized spacial score (nSPS) is 12.3. The maximum absolute atomic E-state index is 11.6. The topological polar surface area (TPSA) is 77.2 Å². The molecule has 1 heterocycles. The summed E-state index contributed by atoms with van der Waals surface area (Å²) < 4.78 is 4.91. The van der Waals surface area contributed by atoms with Gasteiger partial charge in [-0.2, -0.15) is 0 Å². The molecule has 3 N–H and O–H groups in total. The molecule has 5 heteroatoms. The molecule has 1 amide bonds. The van der Waals surface area contributed by atoms with Gasteiger partial charge in [-0.25, -0.2) is 4.98 Å². The first kappa shape index (κ1) is 12.4. The molecular formula is C11H17N3O2. The largest absolute Gasteiger partial charge is 0.481 e.